The van der Waals surface area contributed by atoms with Gasteiger partial charge < -0.3 is 15.4 Å². The molecular formula is C14H17F3N2O2. The maximum Gasteiger partial charge on any atom is 0.233 e. The molecule has 0 aliphatic carbocycles. The summed E-state index contributed by atoms with van der Waals surface area (Å²) in [6.07, 6.45) is 1.01. The molecule has 1 fully saturated rings. The van der Waals surface area contributed by atoms with Crippen LogP contribution in [0.4, 0.5) is 18.9 Å². The molecule has 1 aliphatic heterocycles. The van der Waals surface area contributed by atoms with E-state index in [1.807, 2.05) is 0 Å². The van der Waals surface area contributed by atoms with Crippen LogP contribution in [0.5, 0.6) is 0 Å². The first kappa shape index (κ1) is 15.8. The third kappa shape index (κ3) is 3.36. The normalized spacial score (nSPS) is 17.5. The molecule has 2 N–H and O–H groups in total. The minimum Gasteiger partial charge on any atom is -0.384 e. The third-order valence-electron chi connectivity index (χ3n) is 3.70. The van der Waals surface area contributed by atoms with Crippen LogP contribution < -0.4 is 10.6 Å². The number of benzene rings is 1. The van der Waals surface area contributed by atoms with Crippen molar-refractivity contribution in [2.75, 3.05) is 32.1 Å². The van der Waals surface area contributed by atoms with Crippen LogP contribution in [0.2, 0.25) is 0 Å². The number of nitrogens with one attached hydrogen (secondary N) is 2. The van der Waals surface area contributed by atoms with E-state index >= 15 is 0 Å². The van der Waals surface area contributed by atoms with Gasteiger partial charge in [-0.3, -0.25) is 4.79 Å². The highest BCUT2D eigenvalue weighted by molar-refractivity contribution is 5.95. The number of ether oxygens (including phenoxy) is 1. The van der Waals surface area contributed by atoms with Crippen molar-refractivity contribution in [3.8, 4) is 0 Å². The number of carbonyl (C=O) groups is 1. The zero-order valence-electron chi connectivity index (χ0n) is 11.6. The highest BCUT2D eigenvalue weighted by Crippen LogP contribution is 2.31. The fourth-order valence-electron chi connectivity index (χ4n) is 2.52. The zero-order chi connectivity index (χ0) is 15.5. The van der Waals surface area contributed by atoms with Gasteiger partial charge in [0.25, 0.3) is 0 Å². The SMILES string of the molecule is COCC1(C(=O)Nc2cc(F)cc(F)c2F)CCNCC1. The second-order valence-electron chi connectivity index (χ2n) is 5.17. The first-order valence-electron chi connectivity index (χ1n) is 6.64. The Bertz CT molecular complexity index is 526. The topological polar surface area (TPSA) is 50.4 Å². The lowest BCUT2D eigenvalue weighted by molar-refractivity contribution is -0.130. The lowest BCUT2D eigenvalue weighted by Gasteiger charge is -2.35. The summed E-state index contributed by atoms with van der Waals surface area (Å²) in [5, 5.41) is 5.40. The van der Waals surface area contributed by atoms with Crippen LogP contribution >= 0.6 is 0 Å². The number of rotatable bonds is 4. The van der Waals surface area contributed by atoms with Crippen molar-refractivity contribution in [2.24, 2.45) is 5.41 Å². The number of halogens is 3. The van der Waals surface area contributed by atoms with Gasteiger partial charge in [0.2, 0.25) is 5.91 Å². The van der Waals surface area contributed by atoms with Gasteiger partial charge in [0.15, 0.2) is 11.6 Å². The molecule has 21 heavy (non-hydrogen) atoms. The predicted molar refractivity (Wildman–Crippen MR) is 71.4 cm³/mol. The Morgan fingerprint density at radius 1 is 1.33 bits per heavy atom. The second kappa shape index (κ2) is 6.44. The fourth-order valence-corrected chi connectivity index (χ4v) is 2.52. The maximum absolute atomic E-state index is 13.6. The maximum atomic E-state index is 13.6. The van der Waals surface area contributed by atoms with Gasteiger partial charge >= 0.3 is 0 Å². The van der Waals surface area contributed by atoms with Gasteiger partial charge in [-0.15, -0.1) is 0 Å². The number of methoxy groups -OCH3 is 1. The van der Waals surface area contributed by atoms with Crippen molar-refractivity contribution >= 4 is 11.6 Å². The first-order chi connectivity index (χ1) is 9.98. The van der Waals surface area contributed by atoms with Crippen LogP contribution in [0.3, 0.4) is 0 Å². The van der Waals surface area contributed by atoms with Crippen LogP contribution in [0.1, 0.15) is 12.8 Å². The molecule has 0 unspecified atom stereocenters. The summed E-state index contributed by atoms with van der Waals surface area (Å²) >= 11 is 0. The Labute approximate surface area is 120 Å². The molecule has 0 radical (unpaired) electrons. The van der Waals surface area contributed by atoms with Gasteiger partial charge in [-0.2, -0.15) is 0 Å². The van der Waals surface area contributed by atoms with E-state index in [1.54, 1.807) is 0 Å². The molecule has 0 bridgehead atoms. The number of amides is 1. The van der Waals surface area contributed by atoms with E-state index < -0.39 is 34.5 Å². The summed E-state index contributed by atoms with van der Waals surface area (Å²) in [5.74, 6) is -4.05. The quantitative estimate of drug-likeness (QED) is 0.837. The van der Waals surface area contributed by atoms with E-state index in [-0.39, 0.29) is 6.61 Å². The average Bonchev–Trinajstić information content (AvgIpc) is 2.45. The van der Waals surface area contributed by atoms with Crippen LogP contribution in [0.15, 0.2) is 12.1 Å². The molecule has 7 heteroatoms. The summed E-state index contributed by atoms with van der Waals surface area (Å²) in [6.45, 7) is 1.41. The molecule has 0 spiro atoms. The van der Waals surface area contributed by atoms with E-state index in [1.165, 1.54) is 7.11 Å². The largest absolute Gasteiger partial charge is 0.384 e. The minimum absolute atomic E-state index is 0.167. The third-order valence-corrected chi connectivity index (χ3v) is 3.70. The van der Waals surface area contributed by atoms with Crippen molar-refractivity contribution in [2.45, 2.75) is 12.8 Å². The summed E-state index contributed by atoms with van der Waals surface area (Å²) in [5.41, 5.74) is -1.32. The van der Waals surface area contributed by atoms with Crippen molar-refractivity contribution in [3.05, 3.63) is 29.6 Å². The van der Waals surface area contributed by atoms with Crippen LogP contribution in [0, 0.1) is 22.9 Å². The van der Waals surface area contributed by atoms with Gasteiger partial charge in [0.05, 0.1) is 17.7 Å². The van der Waals surface area contributed by atoms with E-state index in [9.17, 15) is 18.0 Å². The van der Waals surface area contributed by atoms with Gasteiger partial charge in [0.1, 0.15) is 5.82 Å². The molecule has 0 aromatic heterocycles. The standard InChI is InChI=1S/C14H17F3N2O2/c1-21-8-14(2-4-18-5-3-14)13(20)19-11-7-9(15)6-10(16)12(11)17/h6-7,18H,2-5,8H2,1H3,(H,19,20). The summed E-state index contributed by atoms with van der Waals surface area (Å²) < 4.78 is 45.0. The molecular weight excluding hydrogens is 285 g/mol. The highest BCUT2D eigenvalue weighted by atomic mass is 19.2. The lowest BCUT2D eigenvalue weighted by Crippen LogP contribution is -2.47. The highest BCUT2D eigenvalue weighted by Gasteiger charge is 2.40. The van der Waals surface area contributed by atoms with Crippen molar-refractivity contribution in [1.29, 1.82) is 0 Å². The Kier molecular flexibility index (Phi) is 4.84. The van der Waals surface area contributed by atoms with Gasteiger partial charge in [-0.05, 0) is 25.9 Å². The molecule has 1 aliphatic rings. The molecule has 2 rings (SSSR count). The number of piperidine rings is 1. The Morgan fingerprint density at radius 2 is 2.00 bits per heavy atom. The molecule has 1 aromatic rings. The second-order valence-corrected chi connectivity index (χ2v) is 5.17. The summed E-state index contributed by atoms with van der Waals surface area (Å²) in [4.78, 5) is 12.4. The molecule has 4 nitrogen and oxygen atoms in total. The predicted octanol–water partition coefficient (Wildman–Crippen LogP) is 2.06. The van der Waals surface area contributed by atoms with E-state index in [0.29, 0.717) is 32.0 Å². The van der Waals surface area contributed by atoms with E-state index in [4.69, 9.17) is 4.74 Å². The van der Waals surface area contributed by atoms with Gasteiger partial charge in [-0.1, -0.05) is 0 Å². The van der Waals surface area contributed by atoms with Crippen LogP contribution in [-0.2, 0) is 9.53 Å². The smallest absolute Gasteiger partial charge is 0.233 e. The van der Waals surface area contributed by atoms with E-state index in [2.05, 4.69) is 10.6 Å². The van der Waals surface area contributed by atoms with Crippen LogP contribution in [-0.4, -0.2) is 32.7 Å². The van der Waals surface area contributed by atoms with Crippen molar-refractivity contribution in [3.63, 3.8) is 0 Å². The molecule has 1 saturated heterocycles. The minimum atomic E-state index is -1.34. The lowest BCUT2D eigenvalue weighted by atomic mass is 9.78. The monoisotopic (exact) mass is 302 g/mol. The molecule has 116 valence electrons. The average molecular weight is 302 g/mol. The van der Waals surface area contributed by atoms with Crippen molar-refractivity contribution in [1.82, 2.24) is 5.32 Å². The molecule has 1 aromatic carbocycles. The van der Waals surface area contributed by atoms with Crippen molar-refractivity contribution < 1.29 is 22.7 Å². The number of hydrogen-bond donors (Lipinski definition) is 2. The zero-order valence-corrected chi connectivity index (χ0v) is 11.6. The Morgan fingerprint density at radius 3 is 2.62 bits per heavy atom. The van der Waals surface area contributed by atoms with Gasteiger partial charge in [0, 0.05) is 19.2 Å². The van der Waals surface area contributed by atoms with Crippen LogP contribution in [0.25, 0.3) is 0 Å². The summed E-state index contributed by atoms with van der Waals surface area (Å²) in [7, 11) is 1.47. The Balaban J connectivity index is 2.23. The number of carbonyl (C=O) groups excluding carboxylic acids is 1. The summed E-state index contributed by atoms with van der Waals surface area (Å²) in [6, 6.07) is 1.19. The number of anilines is 1. The number of hydrogen-bond acceptors (Lipinski definition) is 3. The fraction of sp³-hybridized carbons (Fsp3) is 0.500. The molecule has 1 amide bonds. The Hall–Kier alpha value is -1.60. The molecule has 0 atom stereocenters. The van der Waals surface area contributed by atoms with Gasteiger partial charge in [-0.25, -0.2) is 13.2 Å². The molecule has 1 heterocycles. The van der Waals surface area contributed by atoms with E-state index in [0.717, 1.165) is 6.07 Å². The first-order valence-corrected chi connectivity index (χ1v) is 6.64. The molecule has 0 saturated carbocycles.